The highest BCUT2D eigenvalue weighted by Crippen LogP contribution is 2.46. The van der Waals surface area contributed by atoms with Crippen LogP contribution in [0.4, 0.5) is 0 Å². The Morgan fingerprint density at radius 2 is 0.895 bits per heavy atom. The third-order valence-electron chi connectivity index (χ3n) is 7.11. The molecule has 0 saturated carbocycles. The molecule has 204 valence electrons. The van der Waals surface area contributed by atoms with E-state index in [4.69, 9.17) is 9.05 Å². The number of benzene rings is 3. The second kappa shape index (κ2) is 13.8. The second-order valence-electron chi connectivity index (χ2n) is 9.66. The Labute approximate surface area is 227 Å². The van der Waals surface area contributed by atoms with Gasteiger partial charge < -0.3 is 9.05 Å². The van der Waals surface area contributed by atoms with E-state index in [0.717, 1.165) is 43.3 Å². The minimum Gasteiger partial charge on any atom is -0.328 e. The largest absolute Gasteiger partial charge is 0.328 e. The molecule has 3 aromatic rings. The van der Waals surface area contributed by atoms with Gasteiger partial charge in [-0.3, -0.25) is 23.8 Å². The Morgan fingerprint density at radius 3 is 1.26 bits per heavy atom. The number of hydrogen-bond donors (Lipinski definition) is 0. The van der Waals surface area contributed by atoms with Crippen LogP contribution in [-0.4, -0.2) is 80.8 Å². The van der Waals surface area contributed by atoms with E-state index < -0.39 is 14.7 Å². The highest BCUT2D eigenvalue weighted by Gasteiger charge is 2.31. The summed E-state index contributed by atoms with van der Waals surface area (Å²) in [6.07, 6.45) is 0.669. The minimum absolute atomic E-state index is 0.334. The molecule has 0 aromatic heterocycles. The molecular formula is C29H39N3O4P2. The van der Waals surface area contributed by atoms with Crippen LogP contribution in [0.5, 0.6) is 0 Å². The standard InChI is InChI=1S/C29H39N3O4P2/c1-35-37(33,28-14-8-4-9-15-28)25-31-20-18-30(24-27-12-6-3-7-13-27)19-21-32(23-22-31)26-38(34,36-2)29-16-10-5-11-17-29/h3-17H,18-26H2,1-2H3. The van der Waals surface area contributed by atoms with Gasteiger partial charge in [0, 0.05) is 70.6 Å². The van der Waals surface area contributed by atoms with Crippen LogP contribution >= 0.6 is 14.7 Å². The Kier molecular flexibility index (Phi) is 10.5. The number of nitrogens with zero attached hydrogens (tertiary/aromatic N) is 3. The molecule has 2 atom stereocenters. The van der Waals surface area contributed by atoms with Crippen molar-refractivity contribution < 1.29 is 18.2 Å². The van der Waals surface area contributed by atoms with Gasteiger partial charge >= 0.3 is 0 Å². The van der Waals surface area contributed by atoms with Crippen LogP contribution in [0.1, 0.15) is 5.56 Å². The van der Waals surface area contributed by atoms with Crippen molar-refractivity contribution >= 4 is 25.3 Å². The first-order valence-corrected chi connectivity index (χ1v) is 16.7. The van der Waals surface area contributed by atoms with Gasteiger partial charge in [-0.05, 0) is 29.8 Å². The van der Waals surface area contributed by atoms with E-state index in [1.54, 1.807) is 0 Å². The van der Waals surface area contributed by atoms with Crippen molar-refractivity contribution in [1.29, 1.82) is 0 Å². The SMILES string of the molecule is COP(=O)(CN1CCN(Cc2ccccc2)CCN(CP(=O)(OC)c2ccccc2)CC1)c1ccccc1. The van der Waals surface area contributed by atoms with Gasteiger partial charge in [-0.1, -0.05) is 66.7 Å². The van der Waals surface area contributed by atoms with E-state index in [9.17, 15) is 9.13 Å². The molecule has 0 aliphatic carbocycles. The van der Waals surface area contributed by atoms with Gasteiger partial charge in [-0.2, -0.15) is 0 Å². The van der Waals surface area contributed by atoms with E-state index in [1.165, 1.54) is 19.8 Å². The fourth-order valence-electron chi connectivity index (χ4n) is 4.79. The molecular weight excluding hydrogens is 516 g/mol. The second-order valence-corrected chi connectivity index (χ2v) is 14.7. The third kappa shape index (κ3) is 7.74. The summed E-state index contributed by atoms with van der Waals surface area (Å²) in [5, 5.41) is 1.46. The van der Waals surface area contributed by atoms with Crippen molar-refractivity contribution in [2.45, 2.75) is 6.54 Å². The van der Waals surface area contributed by atoms with Crippen LogP contribution in [0, 0.1) is 0 Å². The molecule has 0 bridgehead atoms. The summed E-state index contributed by atoms with van der Waals surface area (Å²) in [5.41, 5.74) is 1.25. The van der Waals surface area contributed by atoms with Gasteiger partial charge in [-0.25, -0.2) is 0 Å². The Hall–Kier alpha value is -2.08. The van der Waals surface area contributed by atoms with Crippen molar-refractivity contribution in [3.63, 3.8) is 0 Å². The summed E-state index contributed by atoms with van der Waals surface area (Å²) in [6.45, 7) is 5.41. The lowest BCUT2D eigenvalue weighted by molar-refractivity contribution is 0.220. The molecule has 1 aliphatic heterocycles. The zero-order valence-corrected chi connectivity index (χ0v) is 24.2. The predicted molar refractivity (Wildman–Crippen MR) is 156 cm³/mol. The summed E-state index contributed by atoms with van der Waals surface area (Å²) in [7, 11) is -3.05. The Morgan fingerprint density at radius 1 is 0.553 bits per heavy atom. The average molecular weight is 556 g/mol. The lowest BCUT2D eigenvalue weighted by Gasteiger charge is -2.30. The van der Waals surface area contributed by atoms with E-state index >= 15 is 0 Å². The Balaban J connectivity index is 1.55. The summed E-state index contributed by atoms with van der Waals surface area (Å²) >= 11 is 0. The van der Waals surface area contributed by atoms with Crippen molar-refractivity contribution in [3.05, 3.63) is 96.6 Å². The number of rotatable bonds is 10. The van der Waals surface area contributed by atoms with E-state index in [1.807, 2.05) is 66.7 Å². The van der Waals surface area contributed by atoms with Crippen LogP contribution in [0.25, 0.3) is 0 Å². The zero-order valence-electron chi connectivity index (χ0n) is 22.4. The van der Waals surface area contributed by atoms with Crippen molar-refractivity contribution in [3.8, 4) is 0 Å². The van der Waals surface area contributed by atoms with Crippen LogP contribution in [0.2, 0.25) is 0 Å². The number of hydrogen-bond acceptors (Lipinski definition) is 7. The zero-order chi connectivity index (χ0) is 26.8. The normalized spacial score (nSPS) is 19.5. The smallest absolute Gasteiger partial charge is 0.245 e. The Bertz CT molecular complexity index is 1140. The first-order chi connectivity index (χ1) is 18.4. The van der Waals surface area contributed by atoms with Gasteiger partial charge in [-0.15, -0.1) is 0 Å². The van der Waals surface area contributed by atoms with Crippen LogP contribution in [0.3, 0.4) is 0 Å². The molecule has 38 heavy (non-hydrogen) atoms. The van der Waals surface area contributed by atoms with Gasteiger partial charge in [0.2, 0.25) is 14.7 Å². The predicted octanol–water partition coefficient (Wildman–Crippen LogP) is 4.52. The van der Waals surface area contributed by atoms with Gasteiger partial charge in [0.1, 0.15) is 0 Å². The topological polar surface area (TPSA) is 62.3 Å². The molecule has 7 nitrogen and oxygen atoms in total. The van der Waals surface area contributed by atoms with Crippen LogP contribution in [0.15, 0.2) is 91.0 Å². The van der Waals surface area contributed by atoms with E-state index in [0.29, 0.717) is 25.7 Å². The fraction of sp³-hybridized carbons (Fsp3) is 0.379. The van der Waals surface area contributed by atoms with Crippen molar-refractivity contribution in [2.24, 2.45) is 0 Å². The average Bonchev–Trinajstić information content (AvgIpc) is 3.05. The molecule has 9 heteroatoms. The molecule has 4 rings (SSSR count). The molecule has 0 N–H and O–H groups in total. The molecule has 1 saturated heterocycles. The van der Waals surface area contributed by atoms with Crippen LogP contribution < -0.4 is 10.6 Å². The maximum Gasteiger partial charge on any atom is 0.245 e. The highest BCUT2D eigenvalue weighted by atomic mass is 31.2. The van der Waals surface area contributed by atoms with E-state index in [2.05, 4.69) is 39.0 Å². The van der Waals surface area contributed by atoms with Gasteiger partial charge in [0.05, 0.1) is 12.6 Å². The maximum atomic E-state index is 13.9. The monoisotopic (exact) mass is 555 g/mol. The summed E-state index contributed by atoms with van der Waals surface area (Å²) in [6, 6.07) is 29.4. The van der Waals surface area contributed by atoms with E-state index in [-0.39, 0.29) is 0 Å². The molecule has 2 unspecified atom stereocenters. The van der Waals surface area contributed by atoms with Crippen molar-refractivity contribution in [1.82, 2.24) is 14.7 Å². The van der Waals surface area contributed by atoms with Crippen LogP contribution in [-0.2, 0) is 24.7 Å². The van der Waals surface area contributed by atoms with Crippen molar-refractivity contribution in [2.75, 3.05) is 66.1 Å². The molecule has 1 aliphatic rings. The third-order valence-corrected chi connectivity index (χ3v) is 12.0. The first kappa shape index (κ1) is 28.9. The molecule has 0 amide bonds. The fourth-order valence-corrected chi connectivity index (χ4v) is 8.64. The highest BCUT2D eigenvalue weighted by molar-refractivity contribution is 7.67. The lowest BCUT2D eigenvalue weighted by atomic mass is 10.2. The summed E-state index contributed by atoms with van der Waals surface area (Å²) < 4.78 is 39.1. The molecule has 0 spiro atoms. The lowest BCUT2D eigenvalue weighted by Crippen LogP contribution is -2.38. The molecule has 3 aromatic carbocycles. The molecule has 1 heterocycles. The summed E-state index contributed by atoms with van der Waals surface area (Å²) in [4.78, 5) is 6.88. The quantitative estimate of drug-likeness (QED) is 0.341. The van der Waals surface area contributed by atoms with Gasteiger partial charge in [0.25, 0.3) is 0 Å². The maximum absolute atomic E-state index is 13.9. The minimum atomic E-state index is -3.06. The molecule has 1 fully saturated rings. The molecule has 0 radical (unpaired) electrons. The van der Waals surface area contributed by atoms with Gasteiger partial charge in [0.15, 0.2) is 0 Å². The summed E-state index contributed by atoms with van der Waals surface area (Å²) in [5.74, 6) is 0. The first-order valence-electron chi connectivity index (χ1n) is 13.1.